The van der Waals surface area contributed by atoms with Crippen molar-refractivity contribution in [3.8, 4) is 0 Å². The van der Waals surface area contributed by atoms with Crippen LogP contribution in [0, 0.1) is 10.1 Å². The highest BCUT2D eigenvalue weighted by Gasteiger charge is 2.27. The predicted molar refractivity (Wildman–Crippen MR) is 129 cm³/mol. The highest BCUT2D eigenvalue weighted by atomic mass is 35.5. The van der Waals surface area contributed by atoms with E-state index in [1.807, 2.05) is 12.1 Å². The van der Waals surface area contributed by atoms with Gasteiger partial charge in [0, 0.05) is 37.9 Å². The summed E-state index contributed by atoms with van der Waals surface area (Å²) >= 11 is 5.84. The molecule has 1 fully saturated rings. The number of amides is 1. The van der Waals surface area contributed by atoms with Crippen LogP contribution in [-0.4, -0.2) is 53.4 Å². The molecule has 0 spiro atoms. The molecule has 1 saturated heterocycles. The van der Waals surface area contributed by atoms with Crippen LogP contribution in [0.25, 0.3) is 0 Å². The first-order valence-corrected chi connectivity index (χ1v) is 11.2. The molecular weight excluding hydrogens is 440 g/mol. The van der Waals surface area contributed by atoms with Gasteiger partial charge in [0.2, 0.25) is 5.91 Å². The molecule has 1 N–H and O–H groups in total. The van der Waals surface area contributed by atoms with E-state index in [0.717, 1.165) is 26.2 Å². The van der Waals surface area contributed by atoms with Crippen molar-refractivity contribution in [3.05, 3.63) is 105 Å². The number of hydrogen-bond donors (Lipinski definition) is 1. The zero-order chi connectivity index (χ0) is 23.2. The van der Waals surface area contributed by atoms with Crippen LogP contribution < -0.4 is 5.32 Å². The second kappa shape index (κ2) is 10.6. The van der Waals surface area contributed by atoms with Crippen molar-refractivity contribution in [3.63, 3.8) is 0 Å². The highest BCUT2D eigenvalue weighted by Crippen LogP contribution is 2.30. The maximum Gasteiger partial charge on any atom is 0.289 e. The summed E-state index contributed by atoms with van der Waals surface area (Å²) in [5, 5.41) is 13.8. The summed E-state index contributed by atoms with van der Waals surface area (Å²) in [6.07, 6.45) is 0. The third-order valence-corrected chi connectivity index (χ3v) is 6.12. The molecule has 4 rings (SSSR count). The van der Waals surface area contributed by atoms with Crippen LogP contribution in [0.4, 0.5) is 11.4 Å². The molecule has 1 amide bonds. The second-order valence-electron chi connectivity index (χ2n) is 8.01. The summed E-state index contributed by atoms with van der Waals surface area (Å²) in [6, 6.07) is 25.4. The largest absolute Gasteiger partial charge is 0.325 e. The molecule has 0 atom stereocenters. The van der Waals surface area contributed by atoms with E-state index in [1.165, 1.54) is 23.3 Å². The molecule has 0 radical (unpaired) electrons. The van der Waals surface area contributed by atoms with Crippen LogP contribution in [0.15, 0.2) is 78.9 Å². The van der Waals surface area contributed by atoms with Gasteiger partial charge < -0.3 is 5.32 Å². The number of nitro benzene ring substituents is 1. The number of nitrogens with one attached hydrogen (secondary N) is 1. The first-order chi connectivity index (χ1) is 16.0. The Labute approximate surface area is 197 Å². The van der Waals surface area contributed by atoms with Gasteiger partial charge in [-0.3, -0.25) is 24.7 Å². The summed E-state index contributed by atoms with van der Waals surface area (Å²) in [7, 11) is 0. The molecule has 0 saturated carbocycles. The molecule has 1 aliphatic rings. The summed E-state index contributed by atoms with van der Waals surface area (Å²) in [6.45, 7) is 3.39. The molecule has 8 heteroatoms. The Morgan fingerprint density at radius 2 is 1.52 bits per heavy atom. The Kier molecular flexibility index (Phi) is 7.34. The fourth-order valence-electron chi connectivity index (χ4n) is 4.20. The molecule has 1 heterocycles. The fraction of sp³-hybridized carbons (Fsp3) is 0.240. The van der Waals surface area contributed by atoms with Crippen molar-refractivity contribution < 1.29 is 9.72 Å². The summed E-state index contributed by atoms with van der Waals surface area (Å²) < 4.78 is 0. The standard InChI is InChI=1S/C25H25ClN4O3/c26-22-12-11-21(17-23(22)30(32)33)27-24(31)18-28-13-15-29(16-14-28)25(19-7-3-1-4-8-19)20-9-5-2-6-10-20/h1-12,17,25H,13-16,18H2,(H,27,31). The van der Waals surface area contributed by atoms with Gasteiger partial charge in [-0.25, -0.2) is 0 Å². The molecule has 3 aromatic rings. The summed E-state index contributed by atoms with van der Waals surface area (Å²) in [5.74, 6) is -0.206. The Balaban J connectivity index is 1.37. The predicted octanol–water partition coefficient (Wildman–Crippen LogP) is 4.59. The Hall–Kier alpha value is -3.26. The normalized spacial score (nSPS) is 14.8. The highest BCUT2D eigenvalue weighted by molar-refractivity contribution is 6.32. The lowest BCUT2D eigenvalue weighted by molar-refractivity contribution is -0.384. The molecule has 1 aliphatic heterocycles. The lowest BCUT2D eigenvalue weighted by Crippen LogP contribution is -2.49. The lowest BCUT2D eigenvalue weighted by atomic mass is 9.96. The number of nitrogens with zero attached hydrogens (tertiary/aromatic N) is 3. The van der Waals surface area contributed by atoms with E-state index < -0.39 is 4.92 Å². The van der Waals surface area contributed by atoms with Gasteiger partial charge in [0.15, 0.2) is 0 Å². The zero-order valence-electron chi connectivity index (χ0n) is 18.1. The molecule has 3 aromatic carbocycles. The van der Waals surface area contributed by atoms with Crippen LogP contribution >= 0.6 is 11.6 Å². The molecule has 7 nitrogen and oxygen atoms in total. The van der Waals surface area contributed by atoms with Gasteiger partial charge in [-0.2, -0.15) is 0 Å². The molecule has 0 aromatic heterocycles. The summed E-state index contributed by atoms with van der Waals surface area (Å²) in [4.78, 5) is 27.6. The average Bonchev–Trinajstić information content (AvgIpc) is 2.83. The van der Waals surface area contributed by atoms with E-state index in [-0.39, 0.29) is 29.2 Å². The van der Waals surface area contributed by atoms with E-state index in [4.69, 9.17) is 11.6 Å². The maximum absolute atomic E-state index is 12.5. The minimum absolute atomic E-state index is 0.0421. The van der Waals surface area contributed by atoms with E-state index in [9.17, 15) is 14.9 Å². The van der Waals surface area contributed by atoms with Crippen molar-refractivity contribution in [1.29, 1.82) is 0 Å². The molecule has 33 heavy (non-hydrogen) atoms. The maximum atomic E-state index is 12.5. The quantitative estimate of drug-likeness (QED) is 0.408. The lowest BCUT2D eigenvalue weighted by Gasteiger charge is -2.39. The van der Waals surface area contributed by atoms with E-state index in [1.54, 1.807) is 6.07 Å². The average molecular weight is 465 g/mol. The monoisotopic (exact) mass is 464 g/mol. The van der Waals surface area contributed by atoms with Crippen molar-refractivity contribution in [2.24, 2.45) is 0 Å². The number of anilines is 1. The van der Waals surface area contributed by atoms with Gasteiger partial charge in [-0.05, 0) is 23.3 Å². The number of benzene rings is 3. The first-order valence-electron chi connectivity index (χ1n) is 10.8. The van der Waals surface area contributed by atoms with Crippen LogP contribution in [0.5, 0.6) is 0 Å². The van der Waals surface area contributed by atoms with E-state index in [2.05, 4.69) is 63.6 Å². The van der Waals surface area contributed by atoms with Crippen molar-refractivity contribution >= 4 is 28.9 Å². The zero-order valence-corrected chi connectivity index (χ0v) is 18.8. The third kappa shape index (κ3) is 5.76. The molecule has 0 bridgehead atoms. The van der Waals surface area contributed by atoms with Crippen LogP contribution in [0.3, 0.4) is 0 Å². The Morgan fingerprint density at radius 3 is 2.06 bits per heavy atom. The Morgan fingerprint density at radius 1 is 0.939 bits per heavy atom. The molecule has 170 valence electrons. The van der Waals surface area contributed by atoms with Crippen molar-refractivity contribution in [1.82, 2.24) is 9.80 Å². The summed E-state index contributed by atoms with van der Waals surface area (Å²) in [5.41, 5.74) is 2.64. The topological polar surface area (TPSA) is 78.7 Å². The number of hydrogen-bond acceptors (Lipinski definition) is 5. The smallest absolute Gasteiger partial charge is 0.289 e. The number of carbonyl (C=O) groups excluding carboxylic acids is 1. The van der Waals surface area contributed by atoms with Crippen LogP contribution in [-0.2, 0) is 4.79 Å². The van der Waals surface area contributed by atoms with Gasteiger partial charge in [0.25, 0.3) is 5.69 Å². The van der Waals surface area contributed by atoms with E-state index in [0.29, 0.717) is 5.69 Å². The van der Waals surface area contributed by atoms with Gasteiger partial charge in [0.1, 0.15) is 5.02 Å². The minimum Gasteiger partial charge on any atom is -0.325 e. The number of nitro groups is 1. The second-order valence-corrected chi connectivity index (χ2v) is 8.41. The molecular formula is C25H25ClN4O3. The van der Waals surface area contributed by atoms with Crippen molar-refractivity contribution in [2.75, 3.05) is 38.0 Å². The van der Waals surface area contributed by atoms with Crippen LogP contribution in [0.1, 0.15) is 17.2 Å². The Bertz CT molecular complexity index is 1060. The minimum atomic E-state index is -0.562. The number of piperazine rings is 1. The third-order valence-electron chi connectivity index (χ3n) is 5.80. The van der Waals surface area contributed by atoms with Crippen LogP contribution in [0.2, 0.25) is 5.02 Å². The number of halogens is 1. The van der Waals surface area contributed by atoms with Crippen molar-refractivity contribution in [2.45, 2.75) is 6.04 Å². The van der Waals surface area contributed by atoms with Gasteiger partial charge in [-0.15, -0.1) is 0 Å². The fourth-order valence-corrected chi connectivity index (χ4v) is 4.38. The number of rotatable bonds is 7. The van der Waals surface area contributed by atoms with Gasteiger partial charge in [-0.1, -0.05) is 72.3 Å². The van der Waals surface area contributed by atoms with Gasteiger partial charge >= 0.3 is 0 Å². The van der Waals surface area contributed by atoms with Gasteiger partial charge in [0.05, 0.1) is 17.5 Å². The molecule has 0 unspecified atom stereocenters. The van der Waals surface area contributed by atoms with E-state index >= 15 is 0 Å². The molecule has 0 aliphatic carbocycles. The SMILES string of the molecule is O=C(CN1CCN(C(c2ccccc2)c2ccccc2)CC1)Nc1ccc(Cl)c([N+](=O)[O-])c1. The first kappa shape index (κ1) is 22.9. The number of carbonyl (C=O) groups is 1.